The lowest BCUT2D eigenvalue weighted by molar-refractivity contribution is -0.113. The van der Waals surface area contributed by atoms with Crippen molar-refractivity contribution in [3.63, 3.8) is 0 Å². The summed E-state index contributed by atoms with van der Waals surface area (Å²) < 4.78 is 12.1. The van der Waals surface area contributed by atoms with Crippen molar-refractivity contribution in [1.29, 1.82) is 0 Å². The Hall–Kier alpha value is -3.89. The minimum Gasteiger partial charge on any atom is -0.497 e. The van der Waals surface area contributed by atoms with Crippen molar-refractivity contribution in [3.8, 4) is 28.3 Å². The molecule has 1 amide bonds. The van der Waals surface area contributed by atoms with E-state index in [0.29, 0.717) is 33.7 Å². The van der Waals surface area contributed by atoms with E-state index in [-0.39, 0.29) is 11.7 Å². The Labute approximate surface area is 217 Å². The van der Waals surface area contributed by atoms with Crippen LogP contribution in [0.15, 0.2) is 77.8 Å². The van der Waals surface area contributed by atoms with Crippen molar-refractivity contribution < 1.29 is 19.1 Å². The monoisotopic (exact) mass is 520 g/mol. The third-order valence-electron chi connectivity index (χ3n) is 5.23. The number of aromatic nitrogens is 3. The molecule has 0 saturated carbocycles. The number of carbonyl (C=O) groups excluding carboxylic acids is 2. The number of nitrogens with zero attached hydrogens (tertiary/aromatic N) is 3. The van der Waals surface area contributed by atoms with Crippen LogP contribution in [0.1, 0.15) is 10.4 Å². The highest BCUT2D eigenvalue weighted by molar-refractivity contribution is 7.99. The molecule has 1 N–H and O–H groups in total. The fraction of sp³-hybridized carbons (Fsp3) is 0.154. The Balaban J connectivity index is 1.51. The summed E-state index contributed by atoms with van der Waals surface area (Å²) >= 11 is 2.54. The summed E-state index contributed by atoms with van der Waals surface area (Å²) in [5.41, 5.74) is 2.79. The second-order valence-corrected chi connectivity index (χ2v) is 9.30. The summed E-state index contributed by atoms with van der Waals surface area (Å²) in [6.07, 6.45) is 1.75. The fourth-order valence-electron chi connectivity index (χ4n) is 3.52. The molecule has 2 heterocycles. The van der Waals surface area contributed by atoms with Crippen LogP contribution >= 0.6 is 23.1 Å². The van der Waals surface area contributed by atoms with Crippen LogP contribution in [0.5, 0.6) is 5.75 Å². The predicted molar refractivity (Wildman–Crippen MR) is 143 cm³/mol. The molecule has 0 unspecified atom stereocenters. The van der Waals surface area contributed by atoms with Gasteiger partial charge in [0.15, 0.2) is 11.0 Å². The third kappa shape index (κ3) is 5.50. The molecule has 36 heavy (non-hydrogen) atoms. The largest absolute Gasteiger partial charge is 0.497 e. The standard InChI is InChI=1S/C26H24N4O4S2/c1-4-14-30-23(18-10-12-19(33-2)13-11-18)28-29-26(30)36-16-21(31)27-24-22(25(32)34-3)20(15-35-24)17-8-6-5-7-9-17/h4-13,15H,1,14,16H2,2-3H3,(H,27,31). The number of methoxy groups -OCH3 is 2. The summed E-state index contributed by atoms with van der Waals surface area (Å²) in [7, 11) is 2.94. The van der Waals surface area contributed by atoms with Gasteiger partial charge in [-0.2, -0.15) is 0 Å². The van der Waals surface area contributed by atoms with Crippen molar-refractivity contribution in [2.45, 2.75) is 11.7 Å². The number of allylic oxidation sites excluding steroid dienone is 1. The zero-order chi connectivity index (χ0) is 25.5. The van der Waals surface area contributed by atoms with Crippen LogP contribution in [0.3, 0.4) is 0 Å². The number of amides is 1. The molecule has 2 aromatic heterocycles. The van der Waals surface area contributed by atoms with Crippen molar-refractivity contribution in [3.05, 3.63) is 78.2 Å². The maximum Gasteiger partial charge on any atom is 0.341 e. The van der Waals surface area contributed by atoms with E-state index >= 15 is 0 Å². The molecule has 0 spiro atoms. The summed E-state index contributed by atoms with van der Waals surface area (Å²) in [6, 6.07) is 17.0. The van der Waals surface area contributed by atoms with Crippen LogP contribution in [0.4, 0.5) is 5.00 Å². The highest BCUT2D eigenvalue weighted by Crippen LogP contribution is 2.36. The molecule has 0 aliphatic heterocycles. The number of esters is 1. The molecule has 0 radical (unpaired) electrons. The van der Waals surface area contributed by atoms with Gasteiger partial charge in [0, 0.05) is 23.1 Å². The lowest BCUT2D eigenvalue weighted by Gasteiger charge is -2.09. The van der Waals surface area contributed by atoms with Crippen LogP contribution in [0, 0.1) is 0 Å². The first-order chi connectivity index (χ1) is 17.5. The number of rotatable bonds is 10. The van der Waals surface area contributed by atoms with Gasteiger partial charge in [0.1, 0.15) is 16.3 Å². The third-order valence-corrected chi connectivity index (χ3v) is 7.09. The molecule has 10 heteroatoms. The Bertz CT molecular complexity index is 1360. The van der Waals surface area contributed by atoms with E-state index in [2.05, 4.69) is 22.1 Å². The molecule has 4 rings (SSSR count). The summed E-state index contributed by atoms with van der Waals surface area (Å²) in [6.45, 7) is 4.31. The van der Waals surface area contributed by atoms with Gasteiger partial charge in [-0.3, -0.25) is 9.36 Å². The number of ether oxygens (including phenoxy) is 2. The summed E-state index contributed by atoms with van der Waals surface area (Å²) in [4.78, 5) is 25.4. The number of benzene rings is 2. The smallest absolute Gasteiger partial charge is 0.341 e. The van der Waals surface area contributed by atoms with Crippen LogP contribution < -0.4 is 10.1 Å². The minimum atomic E-state index is -0.507. The van der Waals surface area contributed by atoms with E-state index in [1.807, 2.05) is 64.5 Å². The number of anilines is 1. The maximum absolute atomic E-state index is 12.8. The zero-order valence-corrected chi connectivity index (χ0v) is 21.4. The SMILES string of the molecule is C=CCn1c(SCC(=O)Nc2scc(-c3ccccc3)c2C(=O)OC)nnc1-c1ccc(OC)cc1. The number of hydrogen-bond donors (Lipinski definition) is 1. The quantitative estimate of drug-likeness (QED) is 0.170. The van der Waals surface area contributed by atoms with Gasteiger partial charge in [-0.25, -0.2) is 4.79 Å². The van der Waals surface area contributed by atoms with Crippen molar-refractivity contribution in [2.75, 3.05) is 25.3 Å². The lowest BCUT2D eigenvalue weighted by Crippen LogP contribution is -2.16. The Morgan fingerprint density at radius 2 is 1.83 bits per heavy atom. The number of hydrogen-bond acceptors (Lipinski definition) is 8. The van der Waals surface area contributed by atoms with Crippen molar-refractivity contribution in [2.24, 2.45) is 0 Å². The second-order valence-electron chi connectivity index (χ2n) is 7.48. The number of carbonyl (C=O) groups is 2. The maximum atomic E-state index is 12.8. The second kappa shape index (κ2) is 11.7. The first-order valence-corrected chi connectivity index (χ1v) is 12.8. The minimum absolute atomic E-state index is 0.0804. The Morgan fingerprint density at radius 1 is 1.08 bits per heavy atom. The normalized spacial score (nSPS) is 10.6. The first kappa shape index (κ1) is 25.2. The van der Waals surface area contributed by atoms with E-state index in [4.69, 9.17) is 9.47 Å². The van der Waals surface area contributed by atoms with Gasteiger partial charge < -0.3 is 14.8 Å². The van der Waals surface area contributed by atoms with Gasteiger partial charge in [-0.1, -0.05) is 48.2 Å². The molecule has 0 saturated heterocycles. The average molecular weight is 521 g/mol. The van der Waals surface area contributed by atoms with E-state index in [0.717, 1.165) is 16.9 Å². The van der Waals surface area contributed by atoms with Gasteiger partial charge in [0.2, 0.25) is 5.91 Å². The van der Waals surface area contributed by atoms with Gasteiger partial charge in [0.05, 0.1) is 20.0 Å². The number of nitrogens with one attached hydrogen (secondary N) is 1. The molecule has 0 bridgehead atoms. The van der Waals surface area contributed by atoms with E-state index in [9.17, 15) is 9.59 Å². The molecule has 4 aromatic rings. The van der Waals surface area contributed by atoms with E-state index < -0.39 is 5.97 Å². The predicted octanol–water partition coefficient (Wildman–Crippen LogP) is 5.39. The highest BCUT2D eigenvalue weighted by atomic mass is 32.2. The highest BCUT2D eigenvalue weighted by Gasteiger charge is 2.23. The van der Waals surface area contributed by atoms with Crippen molar-refractivity contribution >= 4 is 40.0 Å². The van der Waals surface area contributed by atoms with Crippen LogP contribution in [0.2, 0.25) is 0 Å². The molecule has 8 nitrogen and oxygen atoms in total. The first-order valence-electron chi connectivity index (χ1n) is 10.9. The van der Waals surface area contributed by atoms with E-state index in [1.54, 1.807) is 13.2 Å². The van der Waals surface area contributed by atoms with Gasteiger partial charge >= 0.3 is 5.97 Å². The number of thioether (sulfide) groups is 1. The lowest BCUT2D eigenvalue weighted by atomic mass is 10.0. The molecule has 0 aliphatic rings. The number of thiophene rings is 1. The van der Waals surface area contributed by atoms with Gasteiger partial charge in [-0.05, 0) is 29.8 Å². The van der Waals surface area contributed by atoms with Gasteiger partial charge in [0.25, 0.3) is 0 Å². The average Bonchev–Trinajstić information content (AvgIpc) is 3.52. The molecule has 184 valence electrons. The van der Waals surface area contributed by atoms with E-state index in [1.165, 1.54) is 30.2 Å². The summed E-state index contributed by atoms with van der Waals surface area (Å²) in [5.74, 6) is 0.713. The van der Waals surface area contributed by atoms with Gasteiger partial charge in [-0.15, -0.1) is 28.1 Å². The Morgan fingerprint density at radius 3 is 2.50 bits per heavy atom. The molecule has 0 fully saturated rings. The zero-order valence-electron chi connectivity index (χ0n) is 19.8. The fourth-order valence-corrected chi connectivity index (χ4v) is 5.24. The van der Waals surface area contributed by atoms with Crippen LogP contribution in [-0.2, 0) is 16.1 Å². The molecule has 2 aromatic carbocycles. The molecule has 0 atom stereocenters. The topological polar surface area (TPSA) is 95.3 Å². The molecular formula is C26H24N4O4S2. The molecule has 0 aliphatic carbocycles. The summed E-state index contributed by atoms with van der Waals surface area (Å²) in [5, 5.41) is 14.3. The van der Waals surface area contributed by atoms with Crippen molar-refractivity contribution in [1.82, 2.24) is 14.8 Å². The Kier molecular flexibility index (Phi) is 8.19. The van der Waals surface area contributed by atoms with Crippen LogP contribution in [-0.4, -0.2) is 46.6 Å². The molecular weight excluding hydrogens is 496 g/mol. The van der Waals surface area contributed by atoms with Crippen LogP contribution in [0.25, 0.3) is 22.5 Å².